The summed E-state index contributed by atoms with van der Waals surface area (Å²) in [6.45, 7) is 3.31. The van der Waals surface area contributed by atoms with Gasteiger partial charge in [0, 0.05) is 11.3 Å². The maximum absolute atomic E-state index is 12.3. The van der Waals surface area contributed by atoms with Crippen LogP contribution in [0.25, 0.3) is 0 Å². The minimum absolute atomic E-state index is 0.0200. The van der Waals surface area contributed by atoms with Crippen molar-refractivity contribution in [1.29, 1.82) is 0 Å². The zero-order valence-corrected chi connectivity index (χ0v) is 13.3. The maximum atomic E-state index is 12.3. The molecular weight excluding hydrogens is 300 g/mol. The Morgan fingerprint density at radius 3 is 2.22 bits per heavy atom. The largest absolute Gasteiger partial charge is 0.435 e. The summed E-state index contributed by atoms with van der Waals surface area (Å²) >= 11 is 0. The van der Waals surface area contributed by atoms with E-state index in [1.54, 1.807) is 0 Å². The standard InChI is InChI=1S/C18H19F2NO2/c1-18(2,3)14-6-4-5-7-15(14)21-16(22)12-8-10-13(11-9-12)23-17(19)20/h4-11,17H,1-3H3,(H,21,22). The summed E-state index contributed by atoms with van der Waals surface area (Å²) in [5, 5.41) is 2.87. The van der Waals surface area contributed by atoms with Crippen molar-refractivity contribution in [3.05, 3.63) is 59.7 Å². The third kappa shape index (κ3) is 4.52. The first-order valence-corrected chi connectivity index (χ1v) is 7.23. The van der Waals surface area contributed by atoms with Gasteiger partial charge in [-0.2, -0.15) is 8.78 Å². The smallest absolute Gasteiger partial charge is 0.387 e. The minimum atomic E-state index is -2.88. The second-order valence-electron chi connectivity index (χ2n) is 6.15. The summed E-state index contributed by atoms with van der Waals surface area (Å²) in [5.74, 6) is -0.281. The van der Waals surface area contributed by atoms with Crippen molar-refractivity contribution in [3.63, 3.8) is 0 Å². The number of hydrogen-bond donors (Lipinski definition) is 1. The lowest BCUT2D eigenvalue weighted by atomic mass is 9.86. The van der Waals surface area contributed by atoms with Crippen LogP contribution in [0.1, 0.15) is 36.7 Å². The number of carbonyl (C=O) groups is 1. The normalized spacial score (nSPS) is 11.4. The van der Waals surface area contributed by atoms with Crippen molar-refractivity contribution in [2.24, 2.45) is 0 Å². The third-order valence-electron chi connectivity index (χ3n) is 3.32. The van der Waals surface area contributed by atoms with Crippen molar-refractivity contribution in [2.75, 3.05) is 5.32 Å². The molecule has 0 fully saturated rings. The Bertz CT molecular complexity index is 676. The molecule has 0 radical (unpaired) electrons. The zero-order valence-electron chi connectivity index (χ0n) is 13.3. The van der Waals surface area contributed by atoms with Crippen molar-refractivity contribution in [2.45, 2.75) is 32.8 Å². The summed E-state index contributed by atoms with van der Waals surface area (Å²) in [4.78, 5) is 12.3. The van der Waals surface area contributed by atoms with E-state index in [1.165, 1.54) is 24.3 Å². The van der Waals surface area contributed by atoms with Crippen LogP contribution < -0.4 is 10.1 Å². The van der Waals surface area contributed by atoms with Crippen LogP contribution in [0.4, 0.5) is 14.5 Å². The monoisotopic (exact) mass is 319 g/mol. The van der Waals surface area contributed by atoms with Crippen LogP contribution in [0, 0.1) is 0 Å². The van der Waals surface area contributed by atoms with Crippen molar-refractivity contribution >= 4 is 11.6 Å². The number of rotatable bonds is 4. The van der Waals surface area contributed by atoms with Gasteiger partial charge in [-0.3, -0.25) is 4.79 Å². The van der Waals surface area contributed by atoms with Crippen LogP contribution in [0.15, 0.2) is 48.5 Å². The first kappa shape index (κ1) is 16.9. The molecule has 23 heavy (non-hydrogen) atoms. The summed E-state index contributed by atoms with van der Waals surface area (Å²) < 4.78 is 28.5. The molecule has 0 aliphatic heterocycles. The molecule has 0 aliphatic rings. The number of nitrogens with one attached hydrogen (secondary N) is 1. The molecule has 0 bridgehead atoms. The SMILES string of the molecule is CC(C)(C)c1ccccc1NC(=O)c1ccc(OC(F)F)cc1. The van der Waals surface area contributed by atoms with Gasteiger partial charge >= 0.3 is 6.61 Å². The number of ether oxygens (including phenoxy) is 1. The van der Waals surface area contributed by atoms with E-state index in [0.29, 0.717) is 5.56 Å². The number of amides is 1. The fraction of sp³-hybridized carbons (Fsp3) is 0.278. The maximum Gasteiger partial charge on any atom is 0.387 e. The predicted molar refractivity (Wildman–Crippen MR) is 86.2 cm³/mol. The highest BCUT2D eigenvalue weighted by atomic mass is 19.3. The fourth-order valence-corrected chi connectivity index (χ4v) is 2.23. The molecule has 122 valence electrons. The van der Waals surface area contributed by atoms with Crippen LogP contribution in [-0.4, -0.2) is 12.5 Å². The second-order valence-corrected chi connectivity index (χ2v) is 6.15. The highest BCUT2D eigenvalue weighted by Crippen LogP contribution is 2.29. The highest BCUT2D eigenvalue weighted by Gasteiger charge is 2.19. The number of alkyl halides is 2. The lowest BCUT2D eigenvalue weighted by Crippen LogP contribution is -2.18. The number of para-hydroxylation sites is 1. The summed E-state index contributed by atoms with van der Waals surface area (Å²) in [7, 11) is 0. The van der Waals surface area contributed by atoms with E-state index in [-0.39, 0.29) is 17.1 Å². The summed E-state index contributed by atoms with van der Waals surface area (Å²) in [6, 6.07) is 13.2. The van der Waals surface area contributed by atoms with Crippen LogP contribution in [0.2, 0.25) is 0 Å². The van der Waals surface area contributed by atoms with Gasteiger partial charge in [-0.05, 0) is 41.3 Å². The molecule has 2 aromatic carbocycles. The lowest BCUT2D eigenvalue weighted by Gasteiger charge is -2.23. The molecule has 1 N–H and O–H groups in total. The molecule has 0 atom stereocenters. The van der Waals surface area contributed by atoms with Crippen LogP contribution >= 0.6 is 0 Å². The highest BCUT2D eigenvalue weighted by molar-refractivity contribution is 6.04. The molecule has 0 spiro atoms. The van der Waals surface area contributed by atoms with Gasteiger partial charge in [0.05, 0.1) is 0 Å². The quantitative estimate of drug-likeness (QED) is 0.876. The molecular formula is C18H19F2NO2. The van der Waals surface area contributed by atoms with Gasteiger partial charge in [-0.25, -0.2) is 0 Å². The predicted octanol–water partition coefficient (Wildman–Crippen LogP) is 4.84. The average Bonchev–Trinajstić information content (AvgIpc) is 2.46. The van der Waals surface area contributed by atoms with Gasteiger partial charge in [0.1, 0.15) is 5.75 Å². The van der Waals surface area contributed by atoms with Crippen LogP contribution in [0.3, 0.4) is 0 Å². The van der Waals surface area contributed by atoms with Gasteiger partial charge in [-0.1, -0.05) is 39.0 Å². The van der Waals surface area contributed by atoms with Crippen molar-refractivity contribution in [3.8, 4) is 5.75 Å². The first-order chi connectivity index (χ1) is 10.8. The van der Waals surface area contributed by atoms with E-state index in [0.717, 1.165) is 11.3 Å². The van der Waals surface area contributed by atoms with Gasteiger partial charge in [-0.15, -0.1) is 0 Å². The Kier molecular flexibility index (Phi) is 4.98. The average molecular weight is 319 g/mol. The minimum Gasteiger partial charge on any atom is -0.435 e. The molecule has 3 nitrogen and oxygen atoms in total. The summed E-state index contributed by atoms with van der Waals surface area (Å²) in [5.41, 5.74) is 2.01. The van der Waals surface area contributed by atoms with Crippen LogP contribution in [0.5, 0.6) is 5.75 Å². The van der Waals surface area contributed by atoms with E-state index in [2.05, 4.69) is 30.8 Å². The van der Waals surface area contributed by atoms with Crippen molar-refractivity contribution in [1.82, 2.24) is 0 Å². The zero-order chi connectivity index (χ0) is 17.0. The topological polar surface area (TPSA) is 38.3 Å². The van der Waals surface area contributed by atoms with Crippen molar-refractivity contribution < 1.29 is 18.3 Å². The molecule has 0 aromatic heterocycles. The molecule has 1 amide bonds. The van der Waals surface area contributed by atoms with Crippen LogP contribution in [-0.2, 0) is 5.41 Å². The van der Waals surface area contributed by atoms with Gasteiger partial charge in [0.2, 0.25) is 0 Å². The molecule has 0 aliphatic carbocycles. The van der Waals surface area contributed by atoms with E-state index >= 15 is 0 Å². The number of hydrogen-bond acceptors (Lipinski definition) is 2. The molecule has 5 heteroatoms. The molecule has 0 saturated carbocycles. The number of benzene rings is 2. The number of carbonyl (C=O) groups excluding carboxylic acids is 1. The second kappa shape index (κ2) is 6.77. The molecule has 2 aromatic rings. The van der Waals surface area contributed by atoms with E-state index < -0.39 is 6.61 Å². The first-order valence-electron chi connectivity index (χ1n) is 7.23. The lowest BCUT2D eigenvalue weighted by molar-refractivity contribution is -0.0498. The van der Waals surface area contributed by atoms with Gasteiger partial charge in [0.25, 0.3) is 5.91 Å². The molecule has 0 heterocycles. The van der Waals surface area contributed by atoms with Gasteiger partial charge in [0.15, 0.2) is 0 Å². The fourth-order valence-electron chi connectivity index (χ4n) is 2.23. The Morgan fingerprint density at radius 2 is 1.65 bits per heavy atom. The van der Waals surface area contributed by atoms with Gasteiger partial charge < -0.3 is 10.1 Å². The number of halogens is 2. The Morgan fingerprint density at radius 1 is 1.04 bits per heavy atom. The third-order valence-corrected chi connectivity index (χ3v) is 3.32. The Labute approximate surface area is 134 Å². The molecule has 0 unspecified atom stereocenters. The summed E-state index contributed by atoms with van der Waals surface area (Å²) in [6.07, 6.45) is 0. The molecule has 2 rings (SSSR count). The number of anilines is 1. The van der Waals surface area contributed by atoms with E-state index in [4.69, 9.17) is 0 Å². The Balaban J connectivity index is 2.17. The Hall–Kier alpha value is -2.43. The van der Waals surface area contributed by atoms with E-state index in [9.17, 15) is 13.6 Å². The van der Waals surface area contributed by atoms with E-state index in [1.807, 2.05) is 24.3 Å². The molecule has 0 saturated heterocycles.